The number of benzene rings is 2. The highest BCUT2D eigenvalue weighted by molar-refractivity contribution is 7.90. The van der Waals surface area contributed by atoms with Crippen LogP contribution >= 0.6 is 22.9 Å². The van der Waals surface area contributed by atoms with Crippen molar-refractivity contribution >= 4 is 49.6 Å². The molecule has 0 amide bonds. The Morgan fingerprint density at radius 2 is 1.74 bits per heavy atom. The maximum Gasteiger partial charge on any atom is 0.511 e. The monoisotopic (exact) mass is 596 g/mol. The van der Waals surface area contributed by atoms with Crippen LogP contribution in [0.25, 0.3) is 10.9 Å². The molecule has 7 nitrogen and oxygen atoms in total. The van der Waals surface area contributed by atoms with E-state index in [0.717, 1.165) is 21.5 Å². The number of alkyl halides is 3. The number of aromatic nitrogens is 2. The zero-order chi connectivity index (χ0) is 27.9. The Balaban J connectivity index is 1.50. The third kappa shape index (κ3) is 5.43. The standard InChI is InChI=1S/C26H24ClF3N4O3S2/c1-33-22-7-4-17(24(25-31-10-13-38-25)16-2-5-18(27)6-3-16)14-20(22)21(15-23(33)35)32-19-8-11-34(12-9-19)39(36,37)26(28,29)30/h2-7,10,13-15,19,24,32H,8-9,11-12H2,1H3. The van der Waals surface area contributed by atoms with Crippen LogP contribution < -0.4 is 10.9 Å². The lowest BCUT2D eigenvalue weighted by Crippen LogP contribution is -2.47. The first-order valence-electron chi connectivity index (χ1n) is 12.1. The second-order valence-electron chi connectivity index (χ2n) is 9.36. The number of halogens is 4. The molecule has 2 aromatic carbocycles. The molecule has 1 unspecified atom stereocenters. The maximum atomic E-state index is 13.0. The lowest BCUT2D eigenvalue weighted by atomic mass is 9.90. The number of rotatable bonds is 6. The number of aryl methyl sites for hydroxylation is 1. The predicted octanol–water partition coefficient (Wildman–Crippen LogP) is 5.55. The van der Waals surface area contributed by atoms with Crippen molar-refractivity contribution in [3.63, 3.8) is 0 Å². The van der Waals surface area contributed by atoms with E-state index in [2.05, 4.69) is 10.3 Å². The second-order valence-corrected chi connectivity index (χ2v) is 12.6. The Morgan fingerprint density at radius 1 is 1.08 bits per heavy atom. The van der Waals surface area contributed by atoms with E-state index in [4.69, 9.17) is 11.6 Å². The summed E-state index contributed by atoms with van der Waals surface area (Å²) in [5.74, 6) is -0.187. The van der Waals surface area contributed by atoms with Gasteiger partial charge in [0.05, 0.1) is 11.4 Å². The number of sulfonamides is 1. The fourth-order valence-corrected chi connectivity index (χ4v) is 6.80. The van der Waals surface area contributed by atoms with Gasteiger partial charge in [-0.05, 0) is 48.2 Å². The minimum atomic E-state index is -5.37. The number of nitrogens with one attached hydrogen (secondary N) is 1. The SMILES string of the molecule is Cn1c(=O)cc(NC2CCN(S(=O)(=O)C(F)(F)F)CC2)c2cc(C(c3ccc(Cl)cc3)c3nccs3)ccc21. The van der Waals surface area contributed by atoms with Gasteiger partial charge in [-0.2, -0.15) is 17.5 Å². The molecule has 1 aliphatic rings. The molecule has 1 saturated heterocycles. The highest BCUT2D eigenvalue weighted by Gasteiger charge is 2.50. The summed E-state index contributed by atoms with van der Waals surface area (Å²) in [6.07, 6.45) is 2.07. The van der Waals surface area contributed by atoms with Gasteiger partial charge in [-0.15, -0.1) is 11.3 Å². The number of hydrogen-bond donors (Lipinski definition) is 1. The molecular weight excluding hydrogens is 573 g/mol. The van der Waals surface area contributed by atoms with E-state index >= 15 is 0 Å². The van der Waals surface area contributed by atoms with E-state index in [-0.39, 0.29) is 43.5 Å². The first-order valence-corrected chi connectivity index (χ1v) is 14.8. The summed E-state index contributed by atoms with van der Waals surface area (Å²) in [5, 5.41) is 7.47. The van der Waals surface area contributed by atoms with Crippen LogP contribution in [-0.4, -0.2) is 46.9 Å². The normalized spacial score (nSPS) is 16.4. The molecule has 13 heteroatoms. The second kappa shape index (κ2) is 10.6. The maximum absolute atomic E-state index is 13.0. The van der Waals surface area contributed by atoms with E-state index in [1.807, 2.05) is 47.8 Å². The number of anilines is 1. The van der Waals surface area contributed by atoms with Crippen molar-refractivity contribution in [3.05, 3.63) is 91.6 Å². The quantitative estimate of drug-likeness (QED) is 0.315. The number of piperidine rings is 1. The van der Waals surface area contributed by atoms with E-state index in [1.165, 1.54) is 22.0 Å². The van der Waals surface area contributed by atoms with Crippen LogP contribution in [0, 0.1) is 0 Å². The van der Waals surface area contributed by atoms with Crippen LogP contribution in [0.4, 0.5) is 18.9 Å². The van der Waals surface area contributed by atoms with E-state index < -0.39 is 15.5 Å². The van der Waals surface area contributed by atoms with Crippen LogP contribution in [-0.2, 0) is 17.1 Å². The molecule has 0 aliphatic carbocycles. The number of hydrogen-bond acceptors (Lipinski definition) is 6. The minimum absolute atomic E-state index is 0.165. The topological polar surface area (TPSA) is 84.3 Å². The molecule has 2 aromatic heterocycles. The Bertz CT molecular complexity index is 1650. The van der Waals surface area contributed by atoms with Crippen LogP contribution in [0.1, 0.15) is 34.9 Å². The summed E-state index contributed by atoms with van der Waals surface area (Å²) in [4.78, 5) is 17.3. The number of nitrogens with zero attached hydrogens (tertiary/aromatic N) is 3. The van der Waals surface area contributed by atoms with Crippen molar-refractivity contribution in [2.24, 2.45) is 7.05 Å². The third-order valence-electron chi connectivity index (χ3n) is 6.95. The lowest BCUT2D eigenvalue weighted by molar-refractivity contribution is -0.0494. The average Bonchev–Trinajstić information content (AvgIpc) is 3.42. The molecule has 1 atom stereocenters. The number of fused-ring (bicyclic) bond motifs is 1. The molecule has 5 rings (SSSR count). The molecule has 1 N–H and O–H groups in total. The molecule has 206 valence electrons. The van der Waals surface area contributed by atoms with Gasteiger partial charge in [0.1, 0.15) is 5.01 Å². The molecule has 1 fully saturated rings. The van der Waals surface area contributed by atoms with Gasteiger partial charge >= 0.3 is 15.5 Å². The molecule has 0 radical (unpaired) electrons. The van der Waals surface area contributed by atoms with Gasteiger partial charge in [-0.1, -0.05) is 29.8 Å². The van der Waals surface area contributed by atoms with Gasteiger partial charge < -0.3 is 9.88 Å². The summed E-state index contributed by atoms with van der Waals surface area (Å²) in [5.41, 5.74) is -2.42. The van der Waals surface area contributed by atoms with Gasteiger partial charge in [0, 0.05) is 59.9 Å². The molecule has 4 aromatic rings. The Hall–Kier alpha value is -2.93. The summed E-state index contributed by atoms with van der Waals surface area (Å²) >= 11 is 7.65. The number of pyridine rings is 1. The summed E-state index contributed by atoms with van der Waals surface area (Å²) in [6.45, 7) is -0.535. The highest BCUT2D eigenvalue weighted by Crippen LogP contribution is 2.37. The highest BCUT2D eigenvalue weighted by atomic mass is 35.5. The van der Waals surface area contributed by atoms with Crippen molar-refractivity contribution in [1.29, 1.82) is 0 Å². The zero-order valence-electron chi connectivity index (χ0n) is 20.7. The summed E-state index contributed by atoms with van der Waals surface area (Å²) in [7, 11) is -3.70. The predicted molar refractivity (Wildman–Crippen MR) is 147 cm³/mol. The fraction of sp³-hybridized carbons (Fsp3) is 0.308. The third-order valence-corrected chi connectivity index (χ3v) is 9.67. The van der Waals surface area contributed by atoms with Crippen LogP contribution in [0.2, 0.25) is 5.02 Å². The van der Waals surface area contributed by atoms with Gasteiger partial charge in [-0.3, -0.25) is 4.79 Å². The lowest BCUT2D eigenvalue weighted by Gasteiger charge is -2.32. The Kier molecular flexibility index (Phi) is 7.49. The summed E-state index contributed by atoms with van der Waals surface area (Å²) < 4.78 is 64.5. The van der Waals surface area contributed by atoms with E-state index in [1.54, 1.807) is 13.2 Å². The molecule has 3 heterocycles. The van der Waals surface area contributed by atoms with Crippen LogP contribution in [0.3, 0.4) is 0 Å². The van der Waals surface area contributed by atoms with Crippen molar-refractivity contribution in [2.75, 3.05) is 18.4 Å². The first-order chi connectivity index (χ1) is 18.5. The minimum Gasteiger partial charge on any atom is -0.382 e. The average molecular weight is 597 g/mol. The number of thiazole rings is 1. The smallest absolute Gasteiger partial charge is 0.382 e. The fourth-order valence-electron chi connectivity index (χ4n) is 4.89. The Labute approximate surface area is 231 Å². The molecular formula is C26H24ClF3N4O3S2. The first kappa shape index (κ1) is 27.6. The van der Waals surface area contributed by atoms with Gasteiger partial charge in [0.15, 0.2) is 0 Å². The van der Waals surface area contributed by atoms with Crippen molar-refractivity contribution in [3.8, 4) is 0 Å². The van der Waals surface area contributed by atoms with Crippen molar-refractivity contribution in [1.82, 2.24) is 13.9 Å². The van der Waals surface area contributed by atoms with Crippen LogP contribution in [0.5, 0.6) is 0 Å². The van der Waals surface area contributed by atoms with E-state index in [9.17, 15) is 26.4 Å². The van der Waals surface area contributed by atoms with Crippen molar-refractivity contribution < 1.29 is 21.6 Å². The molecule has 0 saturated carbocycles. The Morgan fingerprint density at radius 3 is 2.36 bits per heavy atom. The van der Waals surface area contributed by atoms with Crippen molar-refractivity contribution in [2.45, 2.75) is 30.3 Å². The molecule has 0 spiro atoms. The largest absolute Gasteiger partial charge is 0.511 e. The van der Waals surface area contributed by atoms with E-state index in [0.29, 0.717) is 20.5 Å². The zero-order valence-corrected chi connectivity index (χ0v) is 23.0. The molecule has 0 bridgehead atoms. The van der Waals surface area contributed by atoms with Gasteiger partial charge in [-0.25, -0.2) is 13.4 Å². The molecule has 1 aliphatic heterocycles. The van der Waals surface area contributed by atoms with Gasteiger partial charge in [0.25, 0.3) is 5.56 Å². The summed E-state index contributed by atoms with van der Waals surface area (Å²) in [6, 6.07) is 14.5. The molecule has 39 heavy (non-hydrogen) atoms. The van der Waals surface area contributed by atoms with Crippen LogP contribution in [0.15, 0.2) is 64.9 Å². The van der Waals surface area contributed by atoms with Gasteiger partial charge in [0.2, 0.25) is 0 Å².